The molecule has 2 atom stereocenters. The molecule has 128 valence electrons. The van der Waals surface area contributed by atoms with Gasteiger partial charge in [-0.05, 0) is 18.4 Å². The number of aliphatic hydroxyl groups excluding tert-OH is 1. The van der Waals surface area contributed by atoms with Crippen LogP contribution in [0.2, 0.25) is 0 Å². The summed E-state index contributed by atoms with van der Waals surface area (Å²) in [6.45, 7) is 3.46. The Hall–Kier alpha value is -2.14. The third kappa shape index (κ3) is 3.67. The molecule has 5 nitrogen and oxygen atoms in total. The first-order chi connectivity index (χ1) is 11.7. The monoisotopic (exact) mass is 327 g/mol. The van der Waals surface area contributed by atoms with E-state index in [1.54, 1.807) is 4.90 Å². The van der Waals surface area contributed by atoms with Crippen molar-refractivity contribution in [1.82, 2.24) is 14.5 Å². The highest BCUT2D eigenvalue weighted by Crippen LogP contribution is 2.23. The molecule has 0 saturated carbocycles. The summed E-state index contributed by atoms with van der Waals surface area (Å²) in [6.07, 6.45) is 6.10. The minimum atomic E-state index is -0.973. The van der Waals surface area contributed by atoms with Crippen molar-refractivity contribution in [2.24, 2.45) is 0 Å². The van der Waals surface area contributed by atoms with Gasteiger partial charge in [-0.15, -0.1) is 0 Å². The van der Waals surface area contributed by atoms with Gasteiger partial charge in [0, 0.05) is 38.3 Å². The van der Waals surface area contributed by atoms with Gasteiger partial charge in [-0.1, -0.05) is 37.3 Å². The number of imidazole rings is 1. The first-order valence-electron chi connectivity index (χ1n) is 8.71. The fraction of sp³-hybridized carbons (Fsp3) is 0.474. The fourth-order valence-electron chi connectivity index (χ4n) is 3.47. The van der Waals surface area contributed by atoms with E-state index in [2.05, 4.69) is 16.5 Å². The first kappa shape index (κ1) is 16.7. The van der Waals surface area contributed by atoms with Gasteiger partial charge in [0.25, 0.3) is 5.91 Å². The maximum Gasteiger partial charge on any atom is 0.251 e. The molecule has 1 aromatic carbocycles. The molecular weight excluding hydrogens is 302 g/mol. The van der Waals surface area contributed by atoms with Crippen molar-refractivity contribution in [2.75, 3.05) is 13.1 Å². The van der Waals surface area contributed by atoms with Gasteiger partial charge < -0.3 is 14.6 Å². The highest BCUT2D eigenvalue weighted by molar-refractivity contribution is 5.81. The number of nitrogens with zero attached hydrogens (tertiary/aromatic N) is 3. The maximum atomic E-state index is 12.6. The number of aromatic nitrogens is 2. The lowest BCUT2D eigenvalue weighted by molar-refractivity contribution is -0.141. The van der Waals surface area contributed by atoms with E-state index in [4.69, 9.17) is 0 Å². The van der Waals surface area contributed by atoms with Gasteiger partial charge in [-0.2, -0.15) is 0 Å². The Bertz CT molecular complexity index is 668. The zero-order chi connectivity index (χ0) is 16.9. The zero-order valence-corrected chi connectivity index (χ0v) is 14.1. The molecule has 1 aromatic heterocycles. The van der Waals surface area contributed by atoms with E-state index in [9.17, 15) is 9.90 Å². The van der Waals surface area contributed by atoms with E-state index >= 15 is 0 Å². The van der Waals surface area contributed by atoms with Gasteiger partial charge >= 0.3 is 0 Å². The number of amides is 1. The molecule has 5 heteroatoms. The lowest BCUT2D eigenvalue weighted by atomic mass is 10.0. The number of benzene rings is 1. The Balaban J connectivity index is 1.64. The van der Waals surface area contributed by atoms with E-state index in [0.717, 1.165) is 37.2 Å². The van der Waals surface area contributed by atoms with Crippen LogP contribution in [-0.2, 0) is 17.6 Å². The molecular formula is C19H25N3O2. The minimum Gasteiger partial charge on any atom is -0.383 e. The number of likely N-dealkylation sites (tertiary alicyclic amines) is 1. The molecule has 0 unspecified atom stereocenters. The molecule has 2 heterocycles. The highest BCUT2D eigenvalue weighted by atomic mass is 16.3. The molecule has 1 N–H and O–H groups in total. The smallest absolute Gasteiger partial charge is 0.251 e. The Labute approximate surface area is 142 Å². The normalized spacial score (nSPS) is 19.2. The highest BCUT2D eigenvalue weighted by Gasteiger charge is 2.29. The molecule has 1 amide bonds. The van der Waals surface area contributed by atoms with E-state index in [-0.39, 0.29) is 11.9 Å². The molecule has 1 aliphatic heterocycles. The van der Waals surface area contributed by atoms with Gasteiger partial charge in [0.1, 0.15) is 11.9 Å². The lowest BCUT2D eigenvalue weighted by Gasteiger charge is -2.35. The number of carbonyl (C=O) groups excluding carboxylic acids is 1. The van der Waals surface area contributed by atoms with Crippen LogP contribution in [0, 0.1) is 0 Å². The summed E-state index contributed by atoms with van der Waals surface area (Å²) in [5.74, 6) is 0.890. The molecule has 0 spiro atoms. The number of piperidine rings is 1. The average molecular weight is 327 g/mol. The number of carbonyl (C=O) groups is 1. The second-order valence-corrected chi connectivity index (χ2v) is 6.39. The summed E-state index contributed by atoms with van der Waals surface area (Å²) < 4.78 is 2.18. The van der Waals surface area contributed by atoms with Gasteiger partial charge in [0.15, 0.2) is 0 Å². The van der Waals surface area contributed by atoms with Crippen LogP contribution < -0.4 is 0 Å². The minimum absolute atomic E-state index is 0.165. The second-order valence-electron chi connectivity index (χ2n) is 6.39. The van der Waals surface area contributed by atoms with Crippen molar-refractivity contribution >= 4 is 5.91 Å². The summed E-state index contributed by atoms with van der Waals surface area (Å²) in [6, 6.07) is 9.92. The van der Waals surface area contributed by atoms with Crippen molar-refractivity contribution in [1.29, 1.82) is 0 Å². The molecule has 1 saturated heterocycles. The second kappa shape index (κ2) is 7.62. The molecule has 1 aliphatic rings. The zero-order valence-electron chi connectivity index (χ0n) is 14.1. The van der Waals surface area contributed by atoms with Crippen molar-refractivity contribution in [3.8, 4) is 0 Å². The van der Waals surface area contributed by atoms with Crippen LogP contribution in [0.4, 0.5) is 0 Å². The summed E-state index contributed by atoms with van der Waals surface area (Å²) in [4.78, 5) is 18.8. The van der Waals surface area contributed by atoms with Crippen LogP contribution >= 0.6 is 0 Å². The van der Waals surface area contributed by atoms with Crippen LogP contribution in [0.5, 0.6) is 0 Å². The maximum absolute atomic E-state index is 12.6. The van der Waals surface area contributed by atoms with E-state index < -0.39 is 6.10 Å². The molecule has 2 aromatic rings. The molecule has 0 aliphatic carbocycles. The number of hydrogen-bond donors (Lipinski definition) is 1. The predicted molar refractivity (Wildman–Crippen MR) is 92.6 cm³/mol. The fourth-order valence-corrected chi connectivity index (χ4v) is 3.47. The largest absolute Gasteiger partial charge is 0.383 e. The van der Waals surface area contributed by atoms with Crippen molar-refractivity contribution in [3.05, 3.63) is 54.1 Å². The molecule has 3 rings (SSSR count). The quantitative estimate of drug-likeness (QED) is 0.916. The Morgan fingerprint density at radius 1 is 1.38 bits per heavy atom. The number of aliphatic hydroxyl groups is 1. The van der Waals surface area contributed by atoms with Gasteiger partial charge in [0.2, 0.25) is 0 Å². The Morgan fingerprint density at radius 2 is 2.17 bits per heavy atom. The number of rotatable bonds is 5. The van der Waals surface area contributed by atoms with Gasteiger partial charge in [-0.3, -0.25) is 4.79 Å². The molecule has 0 bridgehead atoms. The third-order valence-corrected chi connectivity index (χ3v) is 4.72. The van der Waals surface area contributed by atoms with Crippen molar-refractivity contribution in [3.63, 3.8) is 0 Å². The summed E-state index contributed by atoms with van der Waals surface area (Å²) in [5, 5.41) is 10.3. The van der Waals surface area contributed by atoms with Crippen LogP contribution in [-0.4, -0.2) is 44.7 Å². The average Bonchev–Trinajstić information content (AvgIpc) is 3.11. The van der Waals surface area contributed by atoms with Crippen molar-refractivity contribution in [2.45, 2.75) is 44.8 Å². The number of hydrogen-bond acceptors (Lipinski definition) is 3. The van der Waals surface area contributed by atoms with E-state index in [0.29, 0.717) is 13.0 Å². The third-order valence-electron chi connectivity index (χ3n) is 4.72. The molecule has 1 fully saturated rings. The summed E-state index contributed by atoms with van der Waals surface area (Å²) >= 11 is 0. The SMILES string of the molecule is CCc1nccn1[C@H]1CCCN(C(=O)[C@@H](O)Cc2ccccc2)C1. The number of aryl methyl sites for hydroxylation is 1. The molecule has 24 heavy (non-hydrogen) atoms. The Kier molecular flexibility index (Phi) is 5.30. The lowest BCUT2D eigenvalue weighted by Crippen LogP contribution is -2.46. The first-order valence-corrected chi connectivity index (χ1v) is 8.71. The predicted octanol–water partition coefficient (Wildman–Crippen LogP) is 2.21. The molecule has 0 radical (unpaired) electrons. The van der Waals surface area contributed by atoms with E-state index in [1.807, 2.05) is 42.7 Å². The standard InChI is InChI=1S/C19H25N3O2/c1-2-18-20-10-12-22(18)16-9-6-11-21(14-16)19(24)17(23)13-15-7-4-3-5-8-15/h3-5,7-8,10,12,16-17,23H,2,6,9,11,13-14H2,1H3/t16-,17-/m0/s1. The summed E-state index contributed by atoms with van der Waals surface area (Å²) in [7, 11) is 0. The summed E-state index contributed by atoms with van der Waals surface area (Å²) in [5.41, 5.74) is 0.981. The van der Waals surface area contributed by atoms with Gasteiger partial charge in [-0.25, -0.2) is 4.98 Å². The van der Waals surface area contributed by atoms with Crippen LogP contribution in [0.15, 0.2) is 42.7 Å². The van der Waals surface area contributed by atoms with Crippen LogP contribution in [0.25, 0.3) is 0 Å². The van der Waals surface area contributed by atoms with Gasteiger partial charge in [0.05, 0.1) is 6.04 Å². The van der Waals surface area contributed by atoms with E-state index in [1.165, 1.54) is 0 Å². The van der Waals surface area contributed by atoms with Crippen molar-refractivity contribution < 1.29 is 9.90 Å². The van der Waals surface area contributed by atoms with Crippen LogP contribution in [0.3, 0.4) is 0 Å². The van der Waals surface area contributed by atoms with Crippen LogP contribution in [0.1, 0.15) is 37.2 Å². The Morgan fingerprint density at radius 3 is 2.92 bits per heavy atom. The topological polar surface area (TPSA) is 58.4 Å².